The molecule has 0 radical (unpaired) electrons. The monoisotopic (exact) mass is 411 g/mol. The van der Waals surface area contributed by atoms with Crippen molar-refractivity contribution >= 4 is 27.3 Å². The van der Waals surface area contributed by atoms with Gasteiger partial charge in [-0.1, -0.05) is 15.9 Å². The summed E-state index contributed by atoms with van der Waals surface area (Å²) >= 11 is 3.44. The Morgan fingerprint density at radius 1 is 1.00 bits per heavy atom. The lowest BCUT2D eigenvalue weighted by Gasteiger charge is -2.37. The molecule has 0 bridgehead atoms. The summed E-state index contributed by atoms with van der Waals surface area (Å²) in [7, 11) is 0. The summed E-state index contributed by atoms with van der Waals surface area (Å²) in [6.45, 7) is 4.37. The van der Waals surface area contributed by atoms with Crippen molar-refractivity contribution in [1.82, 2.24) is 4.98 Å². The molecular weight excluding hydrogens is 392 g/mol. The molecule has 3 rings (SSSR count). The summed E-state index contributed by atoms with van der Waals surface area (Å²) < 4.78 is 28.6. The number of aliphatic hydroxyl groups excluding tert-OH is 1. The molecule has 0 amide bonds. The van der Waals surface area contributed by atoms with Crippen molar-refractivity contribution in [2.45, 2.75) is 19.0 Å². The van der Waals surface area contributed by atoms with Crippen LogP contribution in [0.15, 0.2) is 47.1 Å². The van der Waals surface area contributed by atoms with E-state index in [1.54, 1.807) is 6.07 Å². The van der Waals surface area contributed by atoms with Crippen LogP contribution in [0.1, 0.15) is 12.6 Å². The quantitative estimate of drug-likeness (QED) is 0.833. The molecule has 1 fully saturated rings. The lowest BCUT2D eigenvalue weighted by atomic mass is 10.1. The lowest BCUT2D eigenvalue weighted by molar-refractivity contribution is -0.109. The molecule has 1 aromatic heterocycles. The highest BCUT2D eigenvalue weighted by molar-refractivity contribution is 9.10. The third-order valence-electron chi connectivity index (χ3n) is 4.45. The lowest BCUT2D eigenvalue weighted by Crippen LogP contribution is -2.46. The van der Waals surface area contributed by atoms with Gasteiger partial charge in [-0.25, -0.2) is 0 Å². The Morgan fingerprint density at radius 3 is 2.00 bits per heavy atom. The average Bonchev–Trinajstić information content (AvgIpc) is 2.62. The SMILES string of the molecule is CC(O)C(F)(F)c1ccc(N2CCN(c3ccc(Br)cc3)CC2)cn1. The van der Waals surface area contributed by atoms with E-state index in [1.807, 2.05) is 12.1 Å². The topological polar surface area (TPSA) is 39.6 Å². The van der Waals surface area contributed by atoms with Gasteiger partial charge in [-0.05, 0) is 43.3 Å². The number of halogens is 3. The van der Waals surface area contributed by atoms with E-state index in [0.29, 0.717) is 0 Å². The predicted octanol–water partition coefficient (Wildman–Crippen LogP) is 3.64. The Morgan fingerprint density at radius 2 is 1.52 bits per heavy atom. The Bertz CT molecular complexity index is 699. The first-order valence-corrected chi connectivity index (χ1v) is 8.95. The molecule has 1 N–H and O–H groups in total. The molecule has 1 aliphatic heterocycles. The van der Waals surface area contributed by atoms with E-state index in [4.69, 9.17) is 0 Å². The maximum atomic E-state index is 13.8. The molecule has 1 unspecified atom stereocenters. The first kappa shape index (κ1) is 18.1. The van der Waals surface area contributed by atoms with Crippen molar-refractivity contribution in [3.05, 3.63) is 52.8 Å². The van der Waals surface area contributed by atoms with Crippen LogP contribution in [-0.2, 0) is 5.92 Å². The first-order valence-electron chi connectivity index (χ1n) is 8.16. The van der Waals surface area contributed by atoms with Gasteiger partial charge in [0.05, 0.1) is 11.9 Å². The maximum absolute atomic E-state index is 13.8. The molecule has 1 atom stereocenters. The number of aliphatic hydroxyl groups is 1. The van der Waals surface area contributed by atoms with E-state index < -0.39 is 17.7 Å². The van der Waals surface area contributed by atoms with Crippen LogP contribution in [0.4, 0.5) is 20.2 Å². The van der Waals surface area contributed by atoms with Gasteiger partial charge in [-0.3, -0.25) is 4.98 Å². The highest BCUT2D eigenvalue weighted by Gasteiger charge is 2.39. The average molecular weight is 412 g/mol. The molecule has 134 valence electrons. The third kappa shape index (κ3) is 3.93. The summed E-state index contributed by atoms with van der Waals surface area (Å²) in [5, 5.41) is 9.20. The van der Waals surface area contributed by atoms with E-state index >= 15 is 0 Å². The van der Waals surface area contributed by atoms with Crippen molar-refractivity contribution in [3.63, 3.8) is 0 Å². The second-order valence-corrected chi connectivity index (χ2v) is 7.07. The number of pyridine rings is 1. The number of rotatable bonds is 4. The van der Waals surface area contributed by atoms with Crippen LogP contribution < -0.4 is 9.80 Å². The van der Waals surface area contributed by atoms with Crippen LogP contribution in [0.2, 0.25) is 0 Å². The fraction of sp³-hybridized carbons (Fsp3) is 0.389. The van der Waals surface area contributed by atoms with Crippen LogP contribution >= 0.6 is 15.9 Å². The van der Waals surface area contributed by atoms with Crippen LogP contribution in [0.3, 0.4) is 0 Å². The zero-order valence-corrected chi connectivity index (χ0v) is 15.5. The van der Waals surface area contributed by atoms with Crippen molar-refractivity contribution in [2.75, 3.05) is 36.0 Å². The Labute approximate surface area is 154 Å². The van der Waals surface area contributed by atoms with Crippen molar-refractivity contribution in [3.8, 4) is 0 Å². The molecule has 4 nitrogen and oxygen atoms in total. The van der Waals surface area contributed by atoms with E-state index in [1.165, 1.54) is 18.0 Å². The molecule has 0 spiro atoms. The molecule has 1 aromatic carbocycles. The second-order valence-electron chi connectivity index (χ2n) is 6.15. The van der Waals surface area contributed by atoms with E-state index in [0.717, 1.165) is 43.3 Å². The van der Waals surface area contributed by atoms with Gasteiger partial charge in [0.1, 0.15) is 11.8 Å². The van der Waals surface area contributed by atoms with Crippen molar-refractivity contribution in [1.29, 1.82) is 0 Å². The van der Waals surface area contributed by atoms with Gasteiger partial charge < -0.3 is 14.9 Å². The van der Waals surface area contributed by atoms with Gasteiger partial charge in [0.15, 0.2) is 0 Å². The third-order valence-corrected chi connectivity index (χ3v) is 4.98. The summed E-state index contributed by atoms with van der Waals surface area (Å²) in [4.78, 5) is 8.29. The van der Waals surface area contributed by atoms with Gasteiger partial charge in [0.25, 0.3) is 0 Å². The summed E-state index contributed by atoms with van der Waals surface area (Å²) in [5.74, 6) is -3.33. The zero-order valence-electron chi connectivity index (χ0n) is 13.9. The highest BCUT2D eigenvalue weighted by atomic mass is 79.9. The molecular formula is C18H20BrF2N3O. The van der Waals surface area contributed by atoms with Gasteiger partial charge in [0.2, 0.25) is 0 Å². The molecule has 7 heteroatoms. The Balaban J connectivity index is 1.64. The first-order chi connectivity index (χ1) is 11.9. The maximum Gasteiger partial charge on any atom is 0.314 e. The Hall–Kier alpha value is -1.73. The molecule has 1 aliphatic rings. The van der Waals surface area contributed by atoms with Gasteiger partial charge >= 0.3 is 5.92 Å². The normalized spacial score (nSPS) is 16.8. The minimum absolute atomic E-state index is 0.403. The van der Waals surface area contributed by atoms with E-state index in [2.05, 4.69) is 42.8 Å². The molecule has 25 heavy (non-hydrogen) atoms. The fourth-order valence-electron chi connectivity index (χ4n) is 2.86. The number of hydrogen-bond acceptors (Lipinski definition) is 4. The number of anilines is 2. The van der Waals surface area contributed by atoms with Crippen LogP contribution in [0.5, 0.6) is 0 Å². The number of aromatic nitrogens is 1. The molecule has 1 saturated heterocycles. The molecule has 0 saturated carbocycles. The van der Waals surface area contributed by atoms with Gasteiger partial charge in [-0.2, -0.15) is 8.78 Å². The number of piperazine rings is 1. The van der Waals surface area contributed by atoms with Gasteiger partial charge in [0, 0.05) is 36.3 Å². The summed E-state index contributed by atoms with van der Waals surface area (Å²) in [5.41, 5.74) is 1.59. The minimum atomic E-state index is -3.33. The molecule has 2 aromatic rings. The van der Waals surface area contributed by atoms with Crippen LogP contribution in [-0.4, -0.2) is 42.4 Å². The van der Waals surface area contributed by atoms with Crippen LogP contribution in [0, 0.1) is 0 Å². The number of alkyl halides is 2. The largest absolute Gasteiger partial charge is 0.387 e. The van der Waals surface area contributed by atoms with Crippen molar-refractivity contribution < 1.29 is 13.9 Å². The Kier molecular flexibility index (Phi) is 5.24. The standard InChI is InChI=1S/C18H20BrF2N3O/c1-13(25)18(20,21)17-7-6-16(12-22-17)24-10-8-23(9-11-24)15-4-2-14(19)3-5-15/h2-7,12-13,25H,8-11H2,1H3. The summed E-state index contributed by atoms with van der Waals surface area (Å²) in [6, 6.07) is 11.1. The molecule has 2 heterocycles. The molecule has 0 aliphatic carbocycles. The summed E-state index contributed by atoms with van der Waals surface area (Å²) in [6.07, 6.45) is -0.304. The zero-order chi connectivity index (χ0) is 18.0. The van der Waals surface area contributed by atoms with Gasteiger partial charge in [-0.15, -0.1) is 0 Å². The van der Waals surface area contributed by atoms with Crippen molar-refractivity contribution in [2.24, 2.45) is 0 Å². The number of nitrogens with zero attached hydrogens (tertiary/aromatic N) is 3. The number of hydrogen-bond donors (Lipinski definition) is 1. The van der Waals surface area contributed by atoms with E-state index in [-0.39, 0.29) is 0 Å². The highest BCUT2D eigenvalue weighted by Crippen LogP contribution is 2.31. The van der Waals surface area contributed by atoms with Crippen LogP contribution in [0.25, 0.3) is 0 Å². The minimum Gasteiger partial charge on any atom is -0.387 e. The number of benzene rings is 1. The van der Waals surface area contributed by atoms with E-state index in [9.17, 15) is 13.9 Å². The second kappa shape index (κ2) is 7.25. The predicted molar refractivity (Wildman–Crippen MR) is 98.4 cm³/mol. The smallest absolute Gasteiger partial charge is 0.314 e. The fourth-order valence-corrected chi connectivity index (χ4v) is 3.12.